The number of hydrogen-bond donors (Lipinski definition) is 0. The second kappa shape index (κ2) is 23.9. The predicted molar refractivity (Wildman–Crippen MR) is 142 cm³/mol. The van der Waals surface area contributed by atoms with Crippen molar-refractivity contribution < 1.29 is 0 Å². The van der Waals surface area contributed by atoms with E-state index in [1.807, 2.05) is 0 Å². The van der Waals surface area contributed by atoms with Gasteiger partial charge in [-0.2, -0.15) is 0 Å². The highest BCUT2D eigenvalue weighted by molar-refractivity contribution is 5.85. The van der Waals surface area contributed by atoms with Gasteiger partial charge in [-0.15, -0.1) is 12.4 Å². The largest absolute Gasteiger partial charge is 0.298 e. The van der Waals surface area contributed by atoms with Gasteiger partial charge in [-0.3, -0.25) is 4.90 Å². The van der Waals surface area contributed by atoms with E-state index in [-0.39, 0.29) is 12.4 Å². The minimum absolute atomic E-state index is 0. The molecule has 30 heavy (non-hydrogen) atoms. The molecule has 0 aromatic carbocycles. The zero-order valence-electron chi connectivity index (χ0n) is 21.9. The number of halogens is 1. The summed E-state index contributed by atoms with van der Waals surface area (Å²) in [4.78, 5) is 2.86. The highest BCUT2D eigenvalue weighted by Crippen LogP contribution is 2.24. The molecular formula is C28H60ClN. The zero-order chi connectivity index (χ0) is 21.6. The van der Waals surface area contributed by atoms with E-state index in [0.717, 1.165) is 0 Å². The van der Waals surface area contributed by atoms with Crippen LogP contribution in [0.4, 0.5) is 0 Å². The number of nitrogens with zero attached hydrogens (tertiary/aromatic N) is 1. The standard InChI is InChI=1S/C28H59N.ClH/c1-6-9-12-15-18-19-22-25-28(4,5)29(26-23-20-16-13-10-7-2)27-24-21-17-14-11-8-3;/h6-27H2,1-5H3;1H. The molecule has 0 radical (unpaired) electrons. The third-order valence-electron chi connectivity index (χ3n) is 6.81. The molecule has 0 aromatic rings. The van der Waals surface area contributed by atoms with E-state index in [1.54, 1.807) is 0 Å². The minimum Gasteiger partial charge on any atom is -0.298 e. The van der Waals surface area contributed by atoms with Crippen molar-refractivity contribution in [3.05, 3.63) is 0 Å². The maximum absolute atomic E-state index is 2.86. The fourth-order valence-corrected chi connectivity index (χ4v) is 4.56. The van der Waals surface area contributed by atoms with Gasteiger partial charge in [0.2, 0.25) is 0 Å². The lowest BCUT2D eigenvalue weighted by molar-refractivity contribution is 0.102. The van der Waals surface area contributed by atoms with Crippen molar-refractivity contribution in [1.82, 2.24) is 4.90 Å². The van der Waals surface area contributed by atoms with Gasteiger partial charge in [-0.25, -0.2) is 0 Å². The molecule has 0 atom stereocenters. The molecule has 0 unspecified atom stereocenters. The highest BCUT2D eigenvalue weighted by Gasteiger charge is 2.25. The molecule has 0 aromatic heterocycles. The summed E-state index contributed by atoms with van der Waals surface area (Å²) >= 11 is 0. The van der Waals surface area contributed by atoms with Crippen LogP contribution in [0.15, 0.2) is 0 Å². The van der Waals surface area contributed by atoms with Crippen LogP contribution in [-0.2, 0) is 0 Å². The predicted octanol–water partition coefficient (Wildman–Crippen LogP) is 10.4. The van der Waals surface area contributed by atoms with Crippen LogP contribution >= 0.6 is 12.4 Å². The van der Waals surface area contributed by atoms with E-state index in [1.165, 1.54) is 142 Å². The highest BCUT2D eigenvalue weighted by atomic mass is 35.5. The molecule has 2 heteroatoms. The Bertz CT molecular complexity index is 300. The zero-order valence-corrected chi connectivity index (χ0v) is 22.7. The molecule has 0 spiro atoms. The smallest absolute Gasteiger partial charge is 0.0153 e. The molecule has 0 amide bonds. The van der Waals surface area contributed by atoms with Crippen LogP contribution in [-0.4, -0.2) is 23.5 Å². The van der Waals surface area contributed by atoms with E-state index in [0.29, 0.717) is 5.54 Å². The molecule has 0 aliphatic rings. The maximum atomic E-state index is 2.86. The van der Waals surface area contributed by atoms with Gasteiger partial charge in [0.25, 0.3) is 0 Å². The molecule has 0 heterocycles. The molecule has 0 N–H and O–H groups in total. The van der Waals surface area contributed by atoms with Gasteiger partial charge in [-0.05, 0) is 46.2 Å². The SMILES string of the molecule is CCCCCCCCCC(C)(C)N(CCCCCCCC)CCCCCCCC.Cl. The normalized spacial score (nSPS) is 11.8. The van der Waals surface area contributed by atoms with Crippen LogP contribution in [0.2, 0.25) is 0 Å². The second-order valence-electron chi connectivity index (χ2n) is 10.2. The summed E-state index contributed by atoms with van der Waals surface area (Å²) in [6.45, 7) is 14.6. The Morgan fingerprint density at radius 2 is 0.733 bits per heavy atom. The molecule has 0 saturated heterocycles. The van der Waals surface area contributed by atoms with Gasteiger partial charge in [0.05, 0.1) is 0 Å². The van der Waals surface area contributed by atoms with Gasteiger partial charge in [0.1, 0.15) is 0 Å². The average Bonchev–Trinajstić information content (AvgIpc) is 2.70. The van der Waals surface area contributed by atoms with Gasteiger partial charge in [0.15, 0.2) is 0 Å². The van der Waals surface area contributed by atoms with E-state index in [9.17, 15) is 0 Å². The molecule has 0 aliphatic heterocycles. The third kappa shape index (κ3) is 20.2. The molecule has 0 aliphatic carbocycles. The molecule has 0 bridgehead atoms. The van der Waals surface area contributed by atoms with Crippen LogP contribution in [0.3, 0.4) is 0 Å². The molecule has 1 nitrogen and oxygen atoms in total. The maximum Gasteiger partial charge on any atom is 0.0153 e. The first-order valence-corrected chi connectivity index (χ1v) is 13.8. The van der Waals surface area contributed by atoms with Crippen LogP contribution in [0.1, 0.15) is 163 Å². The molecule has 184 valence electrons. The molecule has 0 rings (SSSR count). The summed E-state index contributed by atoms with van der Waals surface area (Å²) in [5.41, 5.74) is 0.385. The Hall–Kier alpha value is 0.250. The lowest BCUT2D eigenvalue weighted by Gasteiger charge is -2.39. The van der Waals surface area contributed by atoms with E-state index >= 15 is 0 Å². The van der Waals surface area contributed by atoms with Crippen LogP contribution in [0.5, 0.6) is 0 Å². The van der Waals surface area contributed by atoms with Crippen LogP contribution in [0, 0.1) is 0 Å². The number of unbranched alkanes of at least 4 members (excludes halogenated alkanes) is 16. The Kier molecular flexibility index (Phi) is 25.8. The minimum atomic E-state index is 0. The number of rotatable bonds is 23. The fourth-order valence-electron chi connectivity index (χ4n) is 4.56. The Balaban J connectivity index is 0. The summed E-state index contributed by atoms with van der Waals surface area (Å²) in [7, 11) is 0. The summed E-state index contributed by atoms with van der Waals surface area (Å²) in [6, 6.07) is 0. The molecule has 0 fully saturated rings. The van der Waals surface area contributed by atoms with Gasteiger partial charge < -0.3 is 0 Å². The van der Waals surface area contributed by atoms with Crippen molar-refractivity contribution in [2.45, 2.75) is 169 Å². The summed E-state index contributed by atoms with van der Waals surface area (Å²) in [5, 5.41) is 0. The second-order valence-corrected chi connectivity index (χ2v) is 10.2. The lowest BCUT2D eigenvalue weighted by Crippen LogP contribution is -2.45. The van der Waals surface area contributed by atoms with Crippen molar-refractivity contribution in [3.63, 3.8) is 0 Å². The van der Waals surface area contributed by atoms with Crippen molar-refractivity contribution in [1.29, 1.82) is 0 Å². The van der Waals surface area contributed by atoms with Crippen molar-refractivity contribution in [2.75, 3.05) is 13.1 Å². The molecule has 0 saturated carbocycles. The van der Waals surface area contributed by atoms with E-state index < -0.39 is 0 Å². The quantitative estimate of drug-likeness (QED) is 0.141. The first-order chi connectivity index (χ1) is 14.1. The Labute approximate surface area is 199 Å². The third-order valence-corrected chi connectivity index (χ3v) is 6.81. The average molecular weight is 446 g/mol. The van der Waals surface area contributed by atoms with Gasteiger partial charge in [0, 0.05) is 5.54 Å². The van der Waals surface area contributed by atoms with Crippen LogP contribution < -0.4 is 0 Å². The number of hydrogen-bond acceptors (Lipinski definition) is 1. The first kappa shape index (κ1) is 32.4. The topological polar surface area (TPSA) is 3.24 Å². The summed E-state index contributed by atoms with van der Waals surface area (Å²) in [6.07, 6.45) is 28.4. The Morgan fingerprint density at radius 3 is 1.10 bits per heavy atom. The van der Waals surface area contributed by atoms with E-state index in [4.69, 9.17) is 0 Å². The monoisotopic (exact) mass is 445 g/mol. The summed E-state index contributed by atoms with van der Waals surface area (Å²) in [5.74, 6) is 0. The van der Waals surface area contributed by atoms with Crippen molar-refractivity contribution >= 4 is 12.4 Å². The lowest BCUT2D eigenvalue weighted by atomic mass is 9.93. The van der Waals surface area contributed by atoms with Gasteiger partial charge >= 0.3 is 0 Å². The summed E-state index contributed by atoms with van der Waals surface area (Å²) < 4.78 is 0. The van der Waals surface area contributed by atoms with Crippen molar-refractivity contribution in [2.24, 2.45) is 0 Å². The first-order valence-electron chi connectivity index (χ1n) is 13.8. The van der Waals surface area contributed by atoms with Gasteiger partial charge in [-0.1, -0.05) is 130 Å². The van der Waals surface area contributed by atoms with Crippen LogP contribution in [0.25, 0.3) is 0 Å². The fraction of sp³-hybridized carbons (Fsp3) is 1.00. The van der Waals surface area contributed by atoms with Crippen molar-refractivity contribution in [3.8, 4) is 0 Å². The Morgan fingerprint density at radius 1 is 0.433 bits per heavy atom. The van der Waals surface area contributed by atoms with E-state index in [2.05, 4.69) is 39.5 Å². The molecular weight excluding hydrogens is 386 g/mol.